The number of nitrogens with one attached hydrogen (secondary N) is 2. The number of carbonyl (C=O) groups excluding carboxylic acids is 3. The summed E-state index contributed by atoms with van der Waals surface area (Å²) in [4.78, 5) is 36.6. The summed E-state index contributed by atoms with van der Waals surface area (Å²) in [7, 11) is 0. The van der Waals surface area contributed by atoms with E-state index in [2.05, 4.69) is 5.43 Å². The first kappa shape index (κ1) is 26.9. The molecule has 10 heteroatoms. The Morgan fingerprint density at radius 3 is 2.29 bits per heavy atom. The summed E-state index contributed by atoms with van der Waals surface area (Å²) in [6.07, 6.45) is 1.54. The number of nitrogens with zero attached hydrogens (tertiary/aromatic N) is 1. The Balaban J connectivity index is 0.000000355. The SMILES string of the molecule is C1C[NH+]2CCC1CN2.CC(C)(C)OC(=O)CO[C@H]1CCN(C(=O)OCc2ccccc2)[C@@H]1C(=O)[O-]. The third-order valence-electron chi connectivity index (χ3n) is 6.21. The highest BCUT2D eigenvalue weighted by Gasteiger charge is 2.40. The minimum Gasteiger partial charge on any atom is -0.548 e. The van der Waals surface area contributed by atoms with Gasteiger partial charge in [-0.2, -0.15) is 5.43 Å². The molecule has 4 aliphatic heterocycles. The lowest BCUT2D eigenvalue weighted by atomic mass is 9.96. The zero-order valence-electron chi connectivity index (χ0n) is 20.8. The number of ether oxygens (including phenoxy) is 3. The van der Waals surface area contributed by atoms with Crippen LogP contribution in [0.15, 0.2) is 30.3 Å². The van der Waals surface area contributed by atoms with Crippen molar-refractivity contribution in [2.45, 2.75) is 64.4 Å². The molecule has 2 bridgehead atoms. The van der Waals surface area contributed by atoms with E-state index in [4.69, 9.17) is 14.2 Å². The lowest BCUT2D eigenvalue weighted by molar-refractivity contribution is -0.960. The van der Waals surface area contributed by atoms with Crippen molar-refractivity contribution in [3.05, 3.63) is 35.9 Å². The van der Waals surface area contributed by atoms with Gasteiger partial charge >= 0.3 is 12.1 Å². The molecule has 10 nitrogen and oxygen atoms in total. The van der Waals surface area contributed by atoms with Crippen LogP contribution >= 0.6 is 0 Å². The van der Waals surface area contributed by atoms with Crippen LogP contribution in [0, 0.1) is 5.92 Å². The van der Waals surface area contributed by atoms with Gasteiger partial charge in [-0.1, -0.05) is 30.3 Å². The molecule has 0 spiro atoms. The smallest absolute Gasteiger partial charge is 0.410 e. The monoisotopic (exact) mass is 491 g/mol. The van der Waals surface area contributed by atoms with E-state index in [1.54, 1.807) is 37.9 Å². The molecule has 194 valence electrons. The second-order valence-electron chi connectivity index (χ2n) is 10.1. The lowest BCUT2D eigenvalue weighted by Gasteiger charge is -2.35. The van der Waals surface area contributed by atoms with Gasteiger partial charge in [0.25, 0.3) is 0 Å². The van der Waals surface area contributed by atoms with Crippen LogP contribution < -0.4 is 15.5 Å². The predicted octanol–water partition coefficient (Wildman–Crippen LogP) is -0.326. The fourth-order valence-electron chi connectivity index (χ4n) is 4.47. The van der Waals surface area contributed by atoms with Crippen molar-refractivity contribution in [3.8, 4) is 0 Å². The standard InChI is InChI=1S/C19H25NO7.C6H12N2/c1-19(2,3)27-15(21)12-25-14-9-10-20(16(14)17(22)23)18(24)26-11-13-7-5-4-6-8-13;1-3-8-4-2-6(1)5-7-8/h4-8,14,16H,9-12H2,1-3H3,(H,22,23);6-7H,1-5H2/t14-,16-;/m0./s1. The first-order chi connectivity index (χ1) is 16.6. The van der Waals surface area contributed by atoms with E-state index in [1.807, 2.05) is 18.2 Å². The summed E-state index contributed by atoms with van der Waals surface area (Å²) in [5.41, 5.74) is 3.55. The highest BCUT2D eigenvalue weighted by Crippen LogP contribution is 2.22. The first-order valence-electron chi connectivity index (χ1n) is 12.2. The average Bonchev–Trinajstić information content (AvgIpc) is 3.27. The molecule has 2 N–H and O–H groups in total. The van der Waals surface area contributed by atoms with Crippen molar-refractivity contribution >= 4 is 18.0 Å². The van der Waals surface area contributed by atoms with Gasteiger partial charge in [0.05, 0.1) is 25.2 Å². The van der Waals surface area contributed by atoms with Gasteiger partial charge in [0.2, 0.25) is 0 Å². The highest BCUT2D eigenvalue weighted by molar-refractivity contribution is 5.80. The molecular formula is C25H37N3O7. The normalized spacial score (nSPS) is 25.4. The fraction of sp³-hybridized carbons (Fsp3) is 0.640. The molecule has 35 heavy (non-hydrogen) atoms. The molecular weight excluding hydrogens is 454 g/mol. The lowest BCUT2D eigenvalue weighted by Crippen LogP contribution is -3.21. The van der Waals surface area contributed by atoms with Crippen molar-refractivity contribution < 1.29 is 38.7 Å². The second-order valence-corrected chi connectivity index (χ2v) is 10.1. The molecule has 4 aliphatic rings. The molecule has 0 aliphatic carbocycles. The van der Waals surface area contributed by atoms with E-state index in [-0.39, 0.29) is 19.6 Å². The molecule has 5 rings (SSSR count). The van der Waals surface area contributed by atoms with Crippen LogP contribution in [-0.2, 0) is 30.4 Å². The van der Waals surface area contributed by atoms with Crippen molar-refractivity contribution in [3.63, 3.8) is 0 Å². The van der Waals surface area contributed by atoms with Crippen LogP contribution in [0.2, 0.25) is 0 Å². The van der Waals surface area contributed by atoms with E-state index in [9.17, 15) is 19.5 Å². The molecule has 2 atom stereocenters. The number of benzene rings is 1. The Kier molecular flexibility index (Phi) is 9.47. The Hall–Kier alpha value is -2.69. The molecule has 4 heterocycles. The topological polar surface area (TPSA) is 122 Å². The number of amides is 1. The number of carboxylic acid groups (broad SMARTS) is 1. The van der Waals surface area contributed by atoms with Gasteiger partial charge in [0.15, 0.2) is 0 Å². The van der Waals surface area contributed by atoms with Gasteiger partial charge in [-0.05, 0) is 38.7 Å². The number of aliphatic carboxylic acids is 1. The number of hydrogen-bond acceptors (Lipinski definition) is 8. The number of fused-ring (bicyclic) bond motifs is 3. The number of piperidine rings is 1. The van der Waals surface area contributed by atoms with E-state index in [1.165, 1.54) is 32.5 Å². The molecule has 4 saturated heterocycles. The zero-order valence-corrected chi connectivity index (χ0v) is 20.8. The largest absolute Gasteiger partial charge is 0.548 e. The van der Waals surface area contributed by atoms with E-state index < -0.39 is 42.4 Å². The van der Waals surface area contributed by atoms with Gasteiger partial charge < -0.3 is 24.1 Å². The third-order valence-corrected chi connectivity index (χ3v) is 6.21. The van der Waals surface area contributed by atoms with Crippen LogP contribution in [-0.4, -0.2) is 73.5 Å². The van der Waals surface area contributed by atoms with Crippen molar-refractivity contribution in [1.29, 1.82) is 0 Å². The first-order valence-corrected chi connectivity index (χ1v) is 12.2. The maximum absolute atomic E-state index is 12.3. The number of hydrogen-bond donors (Lipinski definition) is 2. The number of carboxylic acids is 1. The van der Waals surface area contributed by atoms with Gasteiger partial charge in [0.1, 0.15) is 24.9 Å². The number of esters is 1. The average molecular weight is 492 g/mol. The van der Waals surface area contributed by atoms with Gasteiger partial charge in [0, 0.05) is 25.9 Å². The van der Waals surface area contributed by atoms with Crippen LogP contribution in [0.3, 0.4) is 0 Å². The van der Waals surface area contributed by atoms with E-state index in [0.717, 1.165) is 16.4 Å². The Morgan fingerprint density at radius 1 is 1.11 bits per heavy atom. The molecule has 0 saturated carbocycles. The van der Waals surface area contributed by atoms with Crippen molar-refractivity contribution in [1.82, 2.24) is 10.3 Å². The van der Waals surface area contributed by atoms with E-state index in [0.29, 0.717) is 0 Å². The number of carbonyl (C=O) groups is 3. The van der Waals surface area contributed by atoms with Crippen LogP contribution in [0.5, 0.6) is 0 Å². The molecule has 0 aromatic heterocycles. The summed E-state index contributed by atoms with van der Waals surface area (Å²) in [6, 6.07) is 7.72. The summed E-state index contributed by atoms with van der Waals surface area (Å²) < 4.78 is 15.7. The highest BCUT2D eigenvalue weighted by atomic mass is 16.6. The maximum atomic E-state index is 12.3. The second kappa shape index (κ2) is 12.3. The summed E-state index contributed by atoms with van der Waals surface area (Å²) in [5, 5.41) is 13.1. The molecule has 0 radical (unpaired) electrons. The van der Waals surface area contributed by atoms with Gasteiger partial charge in [-0.25, -0.2) is 9.59 Å². The van der Waals surface area contributed by atoms with Gasteiger partial charge in [-0.3, -0.25) is 9.91 Å². The quantitative estimate of drug-likeness (QED) is 0.519. The maximum Gasteiger partial charge on any atom is 0.410 e. The van der Waals surface area contributed by atoms with Crippen LogP contribution in [0.4, 0.5) is 4.79 Å². The number of likely N-dealkylation sites (tertiary alicyclic amines) is 1. The van der Waals surface area contributed by atoms with E-state index >= 15 is 0 Å². The predicted molar refractivity (Wildman–Crippen MR) is 124 cm³/mol. The molecule has 1 amide bonds. The molecule has 1 aromatic carbocycles. The summed E-state index contributed by atoms with van der Waals surface area (Å²) in [6.45, 7) is 8.91. The zero-order chi connectivity index (χ0) is 25.4. The van der Waals surface area contributed by atoms with Crippen molar-refractivity contribution in [2.24, 2.45) is 5.92 Å². The van der Waals surface area contributed by atoms with Gasteiger partial charge in [-0.15, -0.1) is 0 Å². The summed E-state index contributed by atoms with van der Waals surface area (Å²) in [5.74, 6) is -1.05. The Bertz CT molecular complexity index is 827. The van der Waals surface area contributed by atoms with Crippen molar-refractivity contribution in [2.75, 3.05) is 32.8 Å². The molecule has 0 unspecified atom stereocenters. The molecule has 4 fully saturated rings. The Morgan fingerprint density at radius 2 is 1.80 bits per heavy atom. The fourth-order valence-corrected chi connectivity index (χ4v) is 4.47. The number of quaternary nitrogens is 1. The number of rotatable bonds is 6. The minimum atomic E-state index is -1.46. The van der Waals surface area contributed by atoms with Crippen LogP contribution in [0.25, 0.3) is 0 Å². The Labute approximate surface area is 206 Å². The minimum absolute atomic E-state index is 0.0272. The summed E-state index contributed by atoms with van der Waals surface area (Å²) >= 11 is 0. The third kappa shape index (κ3) is 8.48. The molecule has 1 aromatic rings. The van der Waals surface area contributed by atoms with Crippen LogP contribution in [0.1, 0.15) is 45.6 Å².